The number of aromatic nitrogens is 1. The van der Waals surface area contributed by atoms with Crippen LogP contribution in [-0.2, 0) is 6.61 Å². The van der Waals surface area contributed by atoms with Gasteiger partial charge in [-0.05, 0) is 25.1 Å². The van der Waals surface area contributed by atoms with Gasteiger partial charge in [0.25, 0.3) is 5.91 Å². The van der Waals surface area contributed by atoms with Gasteiger partial charge in [-0.1, -0.05) is 12.1 Å². The molecule has 2 aromatic heterocycles. The van der Waals surface area contributed by atoms with E-state index in [2.05, 4.69) is 15.3 Å². The fourth-order valence-corrected chi connectivity index (χ4v) is 3.73. The Morgan fingerprint density at radius 1 is 1.11 bits per heavy atom. The molecule has 9 nitrogen and oxygen atoms in total. The van der Waals surface area contributed by atoms with E-state index < -0.39 is 5.91 Å². The van der Waals surface area contributed by atoms with Gasteiger partial charge in [-0.2, -0.15) is 0 Å². The molecule has 0 bridgehead atoms. The summed E-state index contributed by atoms with van der Waals surface area (Å²) in [6.45, 7) is 3.92. The van der Waals surface area contributed by atoms with Crippen LogP contribution in [0.2, 0.25) is 0 Å². The Kier molecular flexibility index (Phi) is 7.50. The van der Waals surface area contributed by atoms with Gasteiger partial charge >= 0.3 is 0 Å². The Morgan fingerprint density at radius 2 is 1.83 bits per heavy atom. The predicted molar refractivity (Wildman–Crippen MR) is 134 cm³/mol. The maximum atomic E-state index is 13.5. The first-order valence-corrected chi connectivity index (χ1v) is 11.4. The molecule has 0 atom stereocenters. The number of hydrogen-bond donors (Lipinski definition) is 2. The van der Waals surface area contributed by atoms with Crippen LogP contribution in [0.25, 0.3) is 11.0 Å². The summed E-state index contributed by atoms with van der Waals surface area (Å²) in [5.74, 6) is 1.18. The number of benzene rings is 2. The highest BCUT2D eigenvalue weighted by molar-refractivity contribution is 6.06. The number of carbonyl (C=O) groups excluding carboxylic acids is 1. The molecule has 2 aromatic carbocycles. The molecule has 4 rings (SSSR count). The molecule has 0 unspecified atom stereocenters. The second-order valence-electron chi connectivity index (χ2n) is 7.87. The first-order chi connectivity index (χ1) is 17.5. The predicted octanol–water partition coefficient (Wildman–Crippen LogP) is 3.95. The molecule has 0 spiro atoms. The fourth-order valence-electron chi connectivity index (χ4n) is 3.73. The maximum absolute atomic E-state index is 13.5. The number of hydrogen-bond acceptors (Lipinski definition) is 7. The van der Waals surface area contributed by atoms with Gasteiger partial charge in [0, 0.05) is 30.5 Å². The van der Waals surface area contributed by atoms with E-state index in [-0.39, 0.29) is 17.7 Å². The zero-order chi connectivity index (χ0) is 25.7. The minimum absolute atomic E-state index is 0.0794. The van der Waals surface area contributed by atoms with Crippen LogP contribution < -0.4 is 30.1 Å². The van der Waals surface area contributed by atoms with Crippen LogP contribution >= 0.6 is 0 Å². The summed E-state index contributed by atoms with van der Waals surface area (Å²) in [7, 11) is 3.09. The van der Waals surface area contributed by atoms with E-state index in [9.17, 15) is 9.90 Å². The van der Waals surface area contributed by atoms with E-state index in [0.717, 1.165) is 5.69 Å². The molecule has 0 fully saturated rings. The standard InChI is InChI=1S/C27H27N3O6/c1-5-35-24-9-7-6-8-23(24)30-26(32)22-13-21-17(15-31)14-28-16(2)25(21)36-27(22)29-18-10-19(33-3)12-20(11-18)34-4/h6-14,31H,5,15H2,1-4H3,(H,30,32)/p+1. The highest BCUT2D eigenvalue weighted by Crippen LogP contribution is 2.28. The highest BCUT2D eigenvalue weighted by Gasteiger charge is 2.19. The number of H-pyrrole nitrogens is 1. The van der Waals surface area contributed by atoms with Crippen LogP contribution in [0.3, 0.4) is 0 Å². The molecular weight excluding hydrogens is 462 g/mol. The number of para-hydroxylation sites is 2. The van der Waals surface area contributed by atoms with Crippen LogP contribution in [0.5, 0.6) is 17.2 Å². The van der Waals surface area contributed by atoms with Gasteiger partial charge in [-0.3, -0.25) is 4.79 Å². The van der Waals surface area contributed by atoms with Crippen molar-refractivity contribution in [3.8, 4) is 17.2 Å². The normalized spacial score (nSPS) is 11.4. The molecular formula is C27H28N3O6+. The third kappa shape index (κ3) is 5.16. The topological polar surface area (TPSA) is 117 Å². The van der Waals surface area contributed by atoms with Gasteiger partial charge in [0.1, 0.15) is 22.8 Å². The Labute approximate surface area is 208 Å². The quantitative estimate of drug-likeness (QED) is 0.386. The van der Waals surface area contributed by atoms with Crippen LogP contribution in [0, 0.1) is 6.92 Å². The number of methoxy groups -OCH3 is 2. The minimum atomic E-state index is -0.448. The number of nitrogens with one attached hydrogen (secondary N) is 2. The number of aliphatic hydroxyl groups is 1. The van der Waals surface area contributed by atoms with Gasteiger partial charge in [0.2, 0.25) is 16.8 Å². The molecule has 0 saturated heterocycles. The number of rotatable bonds is 8. The molecule has 36 heavy (non-hydrogen) atoms. The van der Waals surface area contributed by atoms with Crippen molar-refractivity contribution in [3.63, 3.8) is 0 Å². The van der Waals surface area contributed by atoms with Crippen molar-refractivity contribution in [2.45, 2.75) is 20.5 Å². The van der Waals surface area contributed by atoms with Gasteiger partial charge in [0.15, 0.2) is 6.20 Å². The molecule has 0 aliphatic heterocycles. The molecule has 1 amide bonds. The first-order valence-electron chi connectivity index (χ1n) is 11.4. The van der Waals surface area contributed by atoms with Crippen molar-refractivity contribution in [3.05, 3.63) is 77.1 Å². The molecule has 0 radical (unpaired) electrons. The molecule has 0 aliphatic carbocycles. The highest BCUT2D eigenvalue weighted by atomic mass is 16.5. The number of carbonyl (C=O) groups is 1. The lowest BCUT2D eigenvalue weighted by Gasteiger charge is -2.12. The number of aliphatic hydroxyl groups excluding tert-OH is 1. The first kappa shape index (κ1) is 24.7. The van der Waals surface area contributed by atoms with Gasteiger partial charge in [-0.15, -0.1) is 0 Å². The maximum Gasteiger partial charge on any atom is 0.261 e. The van der Waals surface area contributed by atoms with Crippen LogP contribution in [-0.4, -0.2) is 31.8 Å². The third-order valence-electron chi connectivity index (χ3n) is 5.53. The summed E-state index contributed by atoms with van der Waals surface area (Å²) >= 11 is 0. The fraction of sp³-hybridized carbons (Fsp3) is 0.222. The van der Waals surface area contributed by atoms with Gasteiger partial charge < -0.3 is 29.1 Å². The average molecular weight is 491 g/mol. The van der Waals surface area contributed by atoms with E-state index in [4.69, 9.17) is 18.6 Å². The van der Waals surface area contributed by atoms with Crippen molar-refractivity contribution in [1.29, 1.82) is 0 Å². The number of aryl methyl sites for hydroxylation is 1. The van der Waals surface area contributed by atoms with Crippen molar-refractivity contribution in [1.82, 2.24) is 0 Å². The monoisotopic (exact) mass is 490 g/mol. The summed E-state index contributed by atoms with van der Waals surface area (Å²) in [6.07, 6.45) is 1.68. The van der Waals surface area contributed by atoms with E-state index >= 15 is 0 Å². The molecule has 0 saturated carbocycles. The van der Waals surface area contributed by atoms with Crippen molar-refractivity contribution < 1.29 is 33.5 Å². The van der Waals surface area contributed by atoms with Crippen molar-refractivity contribution in [2.75, 3.05) is 26.1 Å². The number of anilines is 1. The SMILES string of the molecule is CCOc1ccccc1NC(=O)c1cc2c(CO)c[nH+]c(C)c2oc1=Nc1cc(OC)cc(OC)c1. The van der Waals surface area contributed by atoms with E-state index in [0.29, 0.717) is 51.8 Å². The molecule has 0 aliphatic rings. The second-order valence-corrected chi connectivity index (χ2v) is 7.87. The van der Waals surface area contributed by atoms with Crippen LogP contribution in [0.1, 0.15) is 28.5 Å². The minimum Gasteiger partial charge on any atom is -0.497 e. The lowest BCUT2D eigenvalue weighted by molar-refractivity contribution is -0.386. The van der Waals surface area contributed by atoms with E-state index in [1.165, 1.54) is 0 Å². The van der Waals surface area contributed by atoms with Crippen LogP contribution in [0.15, 0.2) is 64.1 Å². The molecule has 4 aromatic rings. The third-order valence-corrected chi connectivity index (χ3v) is 5.53. The number of aromatic amines is 1. The zero-order valence-electron chi connectivity index (χ0n) is 20.5. The summed E-state index contributed by atoms with van der Waals surface area (Å²) in [5, 5.41) is 13.4. The number of fused-ring (bicyclic) bond motifs is 1. The smallest absolute Gasteiger partial charge is 0.261 e. The largest absolute Gasteiger partial charge is 0.497 e. The van der Waals surface area contributed by atoms with Crippen molar-refractivity contribution in [2.24, 2.45) is 4.99 Å². The summed E-state index contributed by atoms with van der Waals surface area (Å²) in [5.41, 5.74) is 3.01. The van der Waals surface area contributed by atoms with Gasteiger partial charge in [-0.25, -0.2) is 9.98 Å². The van der Waals surface area contributed by atoms with Gasteiger partial charge in [0.05, 0.1) is 44.4 Å². The molecule has 186 valence electrons. The Morgan fingerprint density at radius 3 is 2.50 bits per heavy atom. The number of ether oxygens (including phenoxy) is 3. The Bertz CT molecular complexity index is 1460. The lowest BCUT2D eigenvalue weighted by Crippen LogP contribution is -2.23. The lowest BCUT2D eigenvalue weighted by atomic mass is 10.1. The zero-order valence-corrected chi connectivity index (χ0v) is 20.5. The summed E-state index contributed by atoms with van der Waals surface area (Å²) in [4.78, 5) is 21.3. The van der Waals surface area contributed by atoms with Crippen molar-refractivity contribution >= 4 is 28.3 Å². The molecule has 3 N–H and O–H groups in total. The molecule has 2 heterocycles. The summed E-state index contributed by atoms with van der Waals surface area (Å²) in [6, 6.07) is 14.0. The Hall–Kier alpha value is -4.37. The second kappa shape index (κ2) is 10.9. The number of nitrogens with zero attached hydrogens (tertiary/aromatic N) is 1. The summed E-state index contributed by atoms with van der Waals surface area (Å²) < 4.78 is 22.5. The Balaban J connectivity index is 1.93. The average Bonchev–Trinajstić information content (AvgIpc) is 2.89. The number of amides is 1. The molecule has 9 heteroatoms. The van der Waals surface area contributed by atoms with Crippen LogP contribution in [0.4, 0.5) is 11.4 Å². The van der Waals surface area contributed by atoms with E-state index in [1.807, 2.05) is 19.9 Å². The van der Waals surface area contributed by atoms with E-state index in [1.54, 1.807) is 62.9 Å². The number of pyridine rings is 1.